The first-order chi connectivity index (χ1) is 9.45. The number of hydrogen-bond donors (Lipinski definition) is 1. The lowest BCUT2D eigenvalue weighted by Gasteiger charge is -2.43. The third-order valence-electron chi connectivity index (χ3n) is 3.86. The van der Waals surface area contributed by atoms with Crippen molar-refractivity contribution in [1.29, 1.82) is 5.26 Å². The van der Waals surface area contributed by atoms with E-state index >= 15 is 0 Å². The molecule has 0 unspecified atom stereocenters. The molecule has 4 nitrogen and oxygen atoms in total. The summed E-state index contributed by atoms with van der Waals surface area (Å²) in [5, 5.41) is 12.8. The van der Waals surface area contributed by atoms with Gasteiger partial charge in [0.15, 0.2) is 0 Å². The average Bonchev–Trinajstić information content (AvgIpc) is 2.37. The van der Waals surface area contributed by atoms with Crippen LogP contribution in [0.2, 0.25) is 0 Å². The molecule has 0 heterocycles. The maximum atomic E-state index is 11.0. The van der Waals surface area contributed by atoms with Crippen LogP contribution in [0.15, 0.2) is 30.3 Å². The number of nitrogens with zero attached hydrogens (tertiary/aromatic N) is 1. The van der Waals surface area contributed by atoms with Crippen LogP contribution in [0.5, 0.6) is 0 Å². The van der Waals surface area contributed by atoms with E-state index in [0.29, 0.717) is 19.0 Å². The van der Waals surface area contributed by atoms with E-state index in [9.17, 15) is 13.7 Å². The summed E-state index contributed by atoms with van der Waals surface area (Å²) < 4.78 is 22.0. The molecule has 20 heavy (non-hydrogen) atoms. The summed E-state index contributed by atoms with van der Waals surface area (Å²) in [6, 6.07) is 12.6. The predicted molar refractivity (Wildman–Crippen MR) is 79.1 cm³/mol. The van der Waals surface area contributed by atoms with E-state index in [4.69, 9.17) is 0 Å². The smallest absolute Gasteiger partial charge is 0.147 e. The average molecular weight is 292 g/mol. The van der Waals surface area contributed by atoms with Gasteiger partial charge in [-0.25, -0.2) is 8.42 Å². The quantitative estimate of drug-likeness (QED) is 0.809. The summed E-state index contributed by atoms with van der Waals surface area (Å²) in [6.07, 6.45) is 3.48. The van der Waals surface area contributed by atoms with Crippen LogP contribution in [0.4, 0.5) is 0 Å². The van der Waals surface area contributed by atoms with Crippen molar-refractivity contribution >= 4 is 9.84 Å². The van der Waals surface area contributed by atoms with E-state index in [1.165, 1.54) is 6.26 Å². The molecule has 1 aromatic rings. The Morgan fingerprint density at radius 3 is 2.55 bits per heavy atom. The van der Waals surface area contributed by atoms with Crippen molar-refractivity contribution in [3.8, 4) is 6.07 Å². The number of nitrogens with one attached hydrogen (secondary N) is 1. The minimum absolute atomic E-state index is 0.217. The van der Waals surface area contributed by atoms with Crippen LogP contribution in [0.3, 0.4) is 0 Å². The minimum atomic E-state index is -2.87. The van der Waals surface area contributed by atoms with Crippen molar-refractivity contribution in [3.63, 3.8) is 0 Å². The van der Waals surface area contributed by atoms with E-state index in [1.807, 2.05) is 30.3 Å². The monoisotopic (exact) mass is 292 g/mol. The molecule has 1 fully saturated rings. The summed E-state index contributed by atoms with van der Waals surface area (Å²) >= 11 is 0. The van der Waals surface area contributed by atoms with Gasteiger partial charge in [-0.1, -0.05) is 30.3 Å². The molecule has 0 aliphatic heterocycles. The second-order valence-electron chi connectivity index (χ2n) is 5.60. The Hall–Kier alpha value is -1.38. The first kappa shape index (κ1) is 15.0. The van der Waals surface area contributed by atoms with Crippen molar-refractivity contribution in [2.45, 2.75) is 30.7 Å². The molecule has 1 aliphatic rings. The van der Waals surface area contributed by atoms with Gasteiger partial charge in [0.05, 0.1) is 17.2 Å². The van der Waals surface area contributed by atoms with Crippen molar-refractivity contribution in [1.82, 2.24) is 5.32 Å². The highest BCUT2D eigenvalue weighted by atomic mass is 32.2. The fourth-order valence-corrected chi connectivity index (χ4v) is 3.38. The summed E-state index contributed by atoms with van der Waals surface area (Å²) in [5.41, 5.74) is 0.715. The van der Waals surface area contributed by atoms with Gasteiger partial charge in [0.1, 0.15) is 9.84 Å². The molecule has 0 bridgehead atoms. The number of nitriles is 1. The largest absolute Gasteiger partial charge is 0.314 e. The second kappa shape index (κ2) is 5.94. The molecule has 5 heteroatoms. The lowest BCUT2D eigenvalue weighted by molar-refractivity contribution is 0.227. The number of rotatable bonds is 6. The third-order valence-corrected chi connectivity index (χ3v) is 4.89. The molecule has 108 valence electrons. The molecule has 0 amide bonds. The van der Waals surface area contributed by atoms with Crippen molar-refractivity contribution in [2.24, 2.45) is 0 Å². The Labute approximate surface area is 120 Å². The van der Waals surface area contributed by atoms with Crippen LogP contribution >= 0.6 is 0 Å². The van der Waals surface area contributed by atoms with Crippen molar-refractivity contribution in [3.05, 3.63) is 35.9 Å². The Balaban J connectivity index is 1.80. The van der Waals surface area contributed by atoms with Gasteiger partial charge in [0.25, 0.3) is 0 Å². The van der Waals surface area contributed by atoms with E-state index in [-0.39, 0.29) is 11.2 Å². The fraction of sp³-hybridized carbons (Fsp3) is 0.533. The highest BCUT2D eigenvalue weighted by molar-refractivity contribution is 7.90. The Morgan fingerprint density at radius 1 is 1.35 bits per heavy atom. The maximum Gasteiger partial charge on any atom is 0.147 e. The van der Waals surface area contributed by atoms with Gasteiger partial charge in [0, 0.05) is 12.3 Å². The van der Waals surface area contributed by atoms with Gasteiger partial charge in [-0.2, -0.15) is 5.26 Å². The lowest BCUT2D eigenvalue weighted by atomic mass is 9.62. The first-order valence-corrected chi connectivity index (χ1v) is 8.89. The lowest BCUT2D eigenvalue weighted by Crippen LogP contribution is -2.51. The normalized spacial score (nSPS) is 25.7. The maximum absolute atomic E-state index is 11.0. The molecular weight excluding hydrogens is 272 g/mol. The summed E-state index contributed by atoms with van der Waals surface area (Å²) in [5.74, 6) is 0.217. The van der Waals surface area contributed by atoms with Gasteiger partial charge in [-0.15, -0.1) is 0 Å². The van der Waals surface area contributed by atoms with E-state index in [2.05, 4.69) is 11.4 Å². The van der Waals surface area contributed by atoms with Crippen LogP contribution in [0.25, 0.3) is 0 Å². The van der Waals surface area contributed by atoms with Crippen molar-refractivity contribution < 1.29 is 8.42 Å². The highest BCUT2D eigenvalue weighted by Gasteiger charge is 2.45. The van der Waals surface area contributed by atoms with Gasteiger partial charge >= 0.3 is 0 Å². The topological polar surface area (TPSA) is 70.0 Å². The molecule has 0 spiro atoms. The highest BCUT2D eigenvalue weighted by Crippen LogP contribution is 2.43. The Bertz CT molecular complexity index is 584. The fourth-order valence-electron chi connectivity index (χ4n) is 2.72. The molecule has 1 aliphatic carbocycles. The molecule has 0 saturated heterocycles. The molecule has 0 atom stereocenters. The van der Waals surface area contributed by atoms with Gasteiger partial charge in [-0.05, 0) is 31.4 Å². The molecule has 1 aromatic carbocycles. The van der Waals surface area contributed by atoms with Crippen LogP contribution in [0, 0.1) is 11.3 Å². The van der Waals surface area contributed by atoms with Gasteiger partial charge in [0.2, 0.25) is 0 Å². The molecular formula is C15H20N2O2S. The zero-order valence-corrected chi connectivity index (χ0v) is 12.5. The predicted octanol–water partition coefficient (Wildman–Crippen LogP) is 1.63. The van der Waals surface area contributed by atoms with E-state index in [0.717, 1.165) is 18.4 Å². The molecule has 0 radical (unpaired) electrons. The SMILES string of the molecule is CS(=O)(=O)CCCNC1CC(C#N)(c2ccccc2)C1. The van der Waals surface area contributed by atoms with Crippen LogP contribution < -0.4 is 5.32 Å². The first-order valence-electron chi connectivity index (χ1n) is 6.83. The summed E-state index contributed by atoms with van der Waals surface area (Å²) in [7, 11) is -2.87. The van der Waals surface area contributed by atoms with Crippen LogP contribution in [0.1, 0.15) is 24.8 Å². The standard InChI is InChI=1S/C15H20N2O2S/c1-20(18,19)9-5-8-17-14-10-15(11-14,12-16)13-6-3-2-4-7-13/h2-4,6-7,14,17H,5,8-11H2,1H3. The van der Waals surface area contributed by atoms with Crippen LogP contribution in [-0.2, 0) is 15.3 Å². The number of benzene rings is 1. The second-order valence-corrected chi connectivity index (χ2v) is 7.86. The molecule has 1 N–H and O–H groups in total. The van der Waals surface area contributed by atoms with E-state index < -0.39 is 9.84 Å². The summed E-state index contributed by atoms with van der Waals surface area (Å²) in [6.45, 7) is 0.689. The molecule has 2 rings (SSSR count). The van der Waals surface area contributed by atoms with Gasteiger partial charge in [-0.3, -0.25) is 0 Å². The molecule has 0 aromatic heterocycles. The van der Waals surface area contributed by atoms with Gasteiger partial charge < -0.3 is 5.32 Å². The number of sulfone groups is 1. The Morgan fingerprint density at radius 2 is 2.00 bits per heavy atom. The third kappa shape index (κ3) is 3.59. The Kier molecular flexibility index (Phi) is 4.46. The zero-order chi connectivity index (χ0) is 14.6. The number of hydrogen-bond acceptors (Lipinski definition) is 4. The zero-order valence-electron chi connectivity index (χ0n) is 11.7. The van der Waals surface area contributed by atoms with Crippen molar-refractivity contribution in [2.75, 3.05) is 18.6 Å². The minimum Gasteiger partial charge on any atom is -0.314 e. The van der Waals surface area contributed by atoms with E-state index in [1.54, 1.807) is 0 Å². The summed E-state index contributed by atoms with van der Waals surface area (Å²) in [4.78, 5) is 0. The van der Waals surface area contributed by atoms with Crippen LogP contribution in [-0.4, -0.2) is 33.0 Å². The molecule has 1 saturated carbocycles.